The summed E-state index contributed by atoms with van der Waals surface area (Å²) in [5.74, 6) is 1.50. The molecule has 30 heavy (non-hydrogen) atoms. The van der Waals surface area contributed by atoms with Crippen LogP contribution in [0.5, 0.6) is 0 Å². The minimum Gasteiger partial charge on any atom is -0.389 e. The molecule has 1 aliphatic heterocycles. The third-order valence-electron chi connectivity index (χ3n) is 5.10. The number of aryl methyl sites for hydroxylation is 1. The number of benzene rings is 2. The van der Waals surface area contributed by atoms with Crippen LogP contribution in [0.2, 0.25) is 0 Å². The molecule has 2 N–H and O–H groups in total. The molecule has 5 rings (SSSR count). The Kier molecular flexibility index (Phi) is 4.65. The van der Waals surface area contributed by atoms with Gasteiger partial charge in [-0.3, -0.25) is 5.43 Å². The van der Waals surface area contributed by atoms with Crippen molar-refractivity contribution in [2.75, 3.05) is 23.4 Å². The molecule has 0 atom stereocenters. The van der Waals surface area contributed by atoms with Crippen LogP contribution in [0.1, 0.15) is 11.1 Å². The maximum absolute atomic E-state index is 9.77. The van der Waals surface area contributed by atoms with Gasteiger partial charge in [-0.25, -0.2) is 4.98 Å². The van der Waals surface area contributed by atoms with Gasteiger partial charge in [0.15, 0.2) is 11.5 Å². The van der Waals surface area contributed by atoms with Crippen molar-refractivity contribution in [2.45, 2.75) is 13.0 Å². The maximum Gasteiger partial charge on any atom is 0.160 e. The van der Waals surface area contributed by atoms with Crippen LogP contribution in [0.15, 0.2) is 71.8 Å². The number of nitrogens with zero attached hydrogens (tertiary/aromatic N) is 5. The molecule has 0 radical (unpaired) electrons. The van der Waals surface area contributed by atoms with E-state index >= 15 is 0 Å². The molecule has 2 aromatic heterocycles. The summed E-state index contributed by atoms with van der Waals surface area (Å²) < 4.78 is 1.82. The number of anilines is 2. The summed E-state index contributed by atoms with van der Waals surface area (Å²) in [6.07, 6.45) is 1.46. The van der Waals surface area contributed by atoms with Crippen molar-refractivity contribution in [3.05, 3.63) is 77.9 Å². The zero-order chi connectivity index (χ0) is 20.5. The molecule has 0 bridgehead atoms. The first kappa shape index (κ1) is 18.3. The van der Waals surface area contributed by atoms with E-state index < -0.39 is 0 Å². The summed E-state index contributed by atoms with van der Waals surface area (Å²) in [6.45, 7) is 3.20. The standard InChI is InChI=1S/C23H22N6O/c1-16-6-5-7-17(10-16)13-24-26-21-12-23(28-14-19(30)15-28)29-22(25-21)11-20(27-29)18-8-3-2-4-9-18/h2-13,19,30H,14-15H2,1H3,(H,25,26). The molecule has 0 spiro atoms. The lowest BCUT2D eigenvalue weighted by atomic mass is 10.1. The van der Waals surface area contributed by atoms with E-state index in [0.29, 0.717) is 18.9 Å². The first-order valence-electron chi connectivity index (χ1n) is 9.91. The van der Waals surface area contributed by atoms with Crippen molar-refractivity contribution >= 4 is 23.5 Å². The van der Waals surface area contributed by atoms with Crippen molar-refractivity contribution in [2.24, 2.45) is 5.10 Å². The highest BCUT2D eigenvalue weighted by Gasteiger charge is 2.27. The largest absolute Gasteiger partial charge is 0.389 e. The lowest BCUT2D eigenvalue weighted by molar-refractivity contribution is 0.141. The fourth-order valence-corrected chi connectivity index (χ4v) is 3.56. The summed E-state index contributed by atoms with van der Waals surface area (Å²) >= 11 is 0. The molecule has 150 valence electrons. The number of rotatable bonds is 5. The molecule has 0 unspecified atom stereocenters. The second-order valence-corrected chi connectivity index (χ2v) is 7.51. The van der Waals surface area contributed by atoms with E-state index in [2.05, 4.69) is 39.5 Å². The monoisotopic (exact) mass is 398 g/mol. The minimum absolute atomic E-state index is 0.312. The zero-order valence-corrected chi connectivity index (χ0v) is 16.6. The zero-order valence-electron chi connectivity index (χ0n) is 16.6. The van der Waals surface area contributed by atoms with E-state index in [9.17, 15) is 5.11 Å². The summed E-state index contributed by atoms with van der Waals surface area (Å²) in [5.41, 5.74) is 7.85. The molecule has 3 heterocycles. The van der Waals surface area contributed by atoms with Crippen molar-refractivity contribution in [3.63, 3.8) is 0 Å². The number of hydrogen-bond donors (Lipinski definition) is 2. The average molecular weight is 398 g/mol. The normalized spacial score (nSPS) is 14.4. The number of aliphatic hydroxyl groups excluding tert-OH is 1. The first-order valence-corrected chi connectivity index (χ1v) is 9.91. The van der Waals surface area contributed by atoms with E-state index in [1.807, 2.05) is 59.1 Å². The van der Waals surface area contributed by atoms with Crippen LogP contribution < -0.4 is 10.3 Å². The van der Waals surface area contributed by atoms with Crippen LogP contribution in [0.4, 0.5) is 11.6 Å². The average Bonchev–Trinajstić information content (AvgIpc) is 3.16. The molecule has 1 aliphatic rings. The highest BCUT2D eigenvalue weighted by atomic mass is 16.3. The number of hydrazone groups is 1. The van der Waals surface area contributed by atoms with Gasteiger partial charge in [0.2, 0.25) is 0 Å². The Hall–Kier alpha value is -3.71. The molecule has 7 nitrogen and oxygen atoms in total. The number of nitrogens with one attached hydrogen (secondary N) is 1. The molecule has 0 amide bonds. The number of aliphatic hydroxyl groups is 1. The smallest absolute Gasteiger partial charge is 0.160 e. The fourth-order valence-electron chi connectivity index (χ4n) is 3.56. The second kappa shape index (κ2) is 7.61. The van der Waals surface area contributed by atoms with Crippen molar-refractivity contribution in [1.29, 1.82) is 0 Å². The number of hydrogen-bond acceptors (Lipinski definition) is 6. The van der Waals surface area contributed by atoms with E-state index in [-0.39, 0.29) is 6.10 Å². The number of aromatic nitrogens is 3. The summed E-state index contributed by atoms with van der Waals surface area (Å²) in [7, 11) is 0. The predicted molar refractivity (Wildman–Crippen MR) is 119 cm³/mol. The predicted octanol–water partition coefficient (Wildman–Crippen LogP) is 3.33. The molecule has 0 aliphatic carbocycles. The Morgan fingerprint density at radius 3 is 2.67 bits per heavy atom. The van der Waals surface area contributed by atoms with Crippen LogP contribution in [-0.2, 0) is 0 Å². The van der Waals surface area contributed by atoms with Crippen molar-refractivity contribution in [3.8, 4) is 11.3 Å². The Bertz CT molecular complexity index is 1210. The second-order valence-electron chi connectivity index (χ2n) is 7.51. The first-order chi connectivity index (χ1) is 14.7. The van der Waals surface area contributed by atoms with Gasteiger partial charge < -0.3 is 10.0 Å². The van der Waals surface area contributed by atoms with Gasteiger partial charge in [-0.15, -0.1) is 0 Å². The Labute approximate surface area is 174 Å². The van der Waals surface area contributed by atoms with Gasteiger partial charge in [0, 0.05) is 30.8 Å². The Morgan fingerprint density at radius 1 is 1.07 bits per heavy atom. The Balaban J connectivity index is 1.49. The molecular formula is C23H22N6O. The lowest BCUT2D eigenvalue weighted by Crippen LogP contribution is -2.51. The summed E-state index contributed by atoms with van der Waals surface area (Å²) in [5, 5.41) is 18.9. The van der Waals surface area contributed by atoms with Gasteiger partial charge in [0.25, 0.3) is 0 Å². The quantitative estimate of drug-likeness (QED) is 0.398. The van der Waals surface area contributed by atoms with E-state index in [0.717, 1.165) is 28.3 Å². The highest BCUT2D eigenvalue weighted by Crippen LogP contribution is 2.27. The molecule has 7 heteroatoms. The minimum atomic E-state index is -0.312. The van der Waals surface area contributed by atoms with Gasteiger partial charge in [-0.05, 0) is 12.5 Å². The summed E-state index contributed by atoms with van der Waals surface area (Å²) in [6, 6.07) is 22.0. The third kappa shape index (κ3) is 3.62. The SMILES string of the molecule is Cc1cccc(C=NNc2cc(N3CC(O)C3)n3nc(-c4ccccc4)cc3n2)c1. The highest BCUT2D eigenvalue weighted by molar-refractivity contribution is 5.80. The van der Waals surface area contributed by atoms with Crippen LogP contribution in [0.25, 0.3) is 16.9 Å². The Morgan fingerprint density at radius 2 is 1.90 bits per heavy atom. The number of β-amino-alcohol motifs (C(OH)–C–C–N with tert-alkyl or cyclic N) is 1. The fraction of sp³-hybridized carbons (Fsp3) is 0.174. The lowest BCUT2D eigenvalue weighted by Gasteiger charge is -2.37. The third-order valence-corrected chi connectivity index (χ3v) is 5.10. The molecule has 1 fully saturated rings. The summed E-state index contributed by atoms with van der Waals surface area (Å²) in [4.78, 5) is 6.76. The van der Waals surface area contributed by atoms with Gasteiger partial charge >= 0.3 is 0 Å². The van der Waals surface area contributed by atoms with E-state index in [1.165, 1.54) is 5.56 Å². The van der Waals surface area contributed by atoms with Crippen molar-refractivity contribution < 1.29 is 5.11 Å². The molecule has 2 aromatic carbocycles. The van der Waals surface area contributed by atoms with Crippen LogP contribution >= 0.6 is 0 Å². The van der Waals surface area contributed by atoms with Gasteiger partial charge in [0.05, 0.1) is 18.0 Å². The molecular weight excluding hydrogens is 376 g/mol. The number of fused-ring (bicyclic) bond motifs is 1. The maximum atomic E-state index is 9.77. The van der Waals surface area contributed by atoms with E-state index in [1.54, 1.807) is 6.21 Å². The molecule has 4 aromatic rings. The van der Waals surface area contributed by atoms with Crippen molar-refractivity contribution in [1.82, 2.24) is 14.6 Å². The van der Waals surface area contributed by atoms with E-state index in [4.69, 9.17) is 5.10 Å². The van der Waals surface area contributed by atoms with Crippen LogP contribution in [0, 0.1) is 6.92 Å². The topological polar surface area (TPSA) is 78.0 Å². The van der Waals surface area contributed by atoms with Gasteiger partial charge in [-0.1, -0.05) is 60.2 Å². The van der Waals surface area contributed by atoms with Gasteiger partial charge in [0.1, 0.15) is 5.82 Å². The van der Waals surface area contributed by atoms with Gasteiger partial charge in [-0.2, -0.15) is 14.7 Å². The molecule has 1 saturated heterocycles. The molecule has 0 saturated carbocycles. The van der Waals surface area contributed by atoms with Crippen LogP contribution in [-0.4, -0.2) is 45.1 Å². The van der Waals surface area contributed by atoms with Crippen LogP contribution in [0.3, 0.4) is 0 Å².